The first-order valence-electron chi connectivity index (χ1n) is 13.1. The molecule has 1 amide bonds. The average Bonchev–Trinajstić information content (AvgIpc) is 2.92. The fraction of sp³-hybridized carbons (Fsp3) is 0.955. The number of hydrogen-bond acceptors (Lipinski definition) is 17. The molecule has 40 heavy (non-hydrogen) atoms. The summed E-state index contributed by atoms with van der Waals surface area (Å²) < 4.78 is 22.4. The van der Waals surface area contributed by atoms with Crippen LogP contribution in [-0.4, -0.2) is 164 Å². The lowest BCUT2D eigenvalue weighted by atomic mass is 9.84. The molecule has 1 saturated carbocycles. The van der Waals surface area contributed by atoms with E-state index in [1.165, 1.54) is 0 Å². The van der Waals surface area contributed by atoms with Gasteiger partial charge in [-0.15, -0.1) is 0 Å². The van der Waals surface area contributed by atoms with Crippen LogP contribution in [0, 0.1) is 0 Å². The fourth-order valence-electron chi connectivity index (χ4n) is 5.09. The lowest BCUT2D eigenvalue weighted by molar-refractivity contribution is -0.332. The molecule has 0 radical (unpaired) electrons. The highest BCUT2D eigenvalue weighted by Crippen LogP contribution is 2.31. The molecule has 18 heteroatoms. The van der Waals surface area contributed by atoms with Crippen LogP contribution in [0.1, 0.15) is 12.8 Å². The van der Waals surface area contributed by atoms with Crippen molar-refractivity contribution in [3.8, 4) is 0 Å². The molecule has 7 unspecified atom stereocenters. The molecule has 2 aliphatic heterocycles. The van der Waals surface area contributed by atoms with Crippen molar-refractivity contribution in [1.82, 2.24) is 5.32 Å². The zero-order valence-corrected chi connectivity index (χ0v) is 21.7. The van der Waals surface area contributed by atoms with Crippen molar-refractivity contribution >= 4 is 5.91 Å². The maximum absolute atomic E-state index is 12.3. The lowest BCUT2D eigenvalue weighted by Crippen LogP contribution is -2.69. The van der Waals surface area contributed by atoms with Gasteiger partial charge in [-0.2, -0.15) is 0 Å². The number of carbonyl (C=O) groups is 1. The molecule has 0 aromatic carbocycles. The van der Waals surface area contributed by atoms with E-state index in [9.17, 15) is 45.6 Å². The second-order valence-corrected chi connectivity index (χ2v) is 10.3. The minimum absolute atomic E-state index is 0.00101. The molecule has 0 aromatic heterocycles. The molecule has 0 aromatic rings. The predicted molar refractivity (Wildman–Crippen MR) is 131 cm³/mol. The fourth-order valence-corrected chi connectivity index (χ4v) is 5.09. The summed E-state index contributed by atoms with van der Waals surface area (Å²) in [6.07, 6.45) is -19.7. The first-order valence-corrected chi connectivity index (χ1v) is 13.1. The van der Waals surface area contributed by atoms with Gasteiger partial charge >= 0.3 is 0 Å². The standard InChI is InChI=1S/C22H43N5O13/c23-2-1-8(29)20(36)27-11-12(30)10(5-28)38-21(14(11)32)39-18-6(25)3-7(26)19(17(18)35)40-22-16(34)15(33)13(31)9(4-24)37-22/h6-19,21-22,28-35H,1-5,23-26H2,(H,27,36)/t6-,7+,8+,9?,10?,11+,12-,13-,14?,15?,16?,17?,18+,19?,21-,22-/m1/s1. The molecule has 2 saturated heterocycles. The maximum atomic E-state index is 12.3. The number of nitrogens with one attached hydrogen (secondary N) is 1. The summed E-state index contributed by atoms with van der Waals surface area (Å²) in [6.45, 7) is -0.957. The minimum Gasteiger partial charge on any atom is -0.394 e. The number of amides is 1. The van der Waals surface area contributed by atoms with Crippen LogP contribution in [-0.2, 0) is 23.7 Å². The summed E-state index contributed by atoms with van der Waals surface area (Å²) in [5.41, 5.74) is 23.2. The molecule has 234 valence electrons. The molecule has 2 heterocycles. The zero-order valence-electron chi connectivity index (χ0n) is 21.7. The normalized spacial score (nSPS) is 47.0. The quantitative estimate of drug-likeness (QED) is 0.113. The number of aliphatic hydroxyl groups is 8. The van der Waals surface area contributed by atoms with E-state index >= 15 is 0 Å². The molecule has 3 rings (SSSR count). The monoisotopic (exact) mass is 585 g/mol. The first kappa shape index (κ1) is 33.3. The van der Waals surface area contributed by atoms with Gasteiger partial charge in [0.05, 0.1) is 12.6 Å². The third kappa shape index (κ3) is 7.06. The second kappa shape index (κ2) is 14.3. The van der Waals surface area contributed by atoms with Crippen molar-refractivity contribution in [2.24, 2.45) is 22.9 Å². The topological polar surface area (TPSA) is 332 Å². The van der Waals surface area contributed by atoms with Crippen molar-refractivity contribution in [3.63, 3.8) is 0 Å². The summed E-state index contributed by atoms with van der Waals surface area (Å²) in [7, 11) is 0. The zero-order chi connectivity index (χ0) is 29.9. The van der Waals surface area contributed by atoms with Gasteiger partial charge in [0, 0.05) is 18.6 Å². The van der Waals surface area contributed by atoms with Crippen LogP contribution in [0.25, 0.3) is 0 Å². The van der Waals surface area contributed by atoms with E-state index in [2.05, 4.69) is 5.32 Å². The third-order valence-corrected chi connectivity index (χ3v) is 7.48. The smallest absolute Gasteiger partial charge is 0.249 e. The highest BCUT2D eigenvalue weighted by Gasteiger charge is 2.52. The van der Waals surface area contributed by atoms with Gasteiger partial charge in [0.15, 0.2) is 12.6 Å². The maximum Gasteiger partial charge on any atom is 0.249 e. The van der Waals surface area contributed by atoms with Gasteiger partial charge in [-0.3, -0.25) is 4.79 Å². The first-order chi connectivity index (χ1) is 18.9. The Morgan fingerprint density at radius 3 is 1.90 bits per heavy atom. The van der Waals surface area contributed by atoms with Gasteiger partial charge < -0.3 is 88.1 Å². The van der Waals surface area contributed by atoms with Crippen LogP contribution in [0.4, 0.5) is 0 Å². The van der Waals surface area contributed by atoms with Crippen LogP contribution in [0.5, 0.6) is 0 Å². The number of hydrogen-bond donors (Lipinski definition) is 13. The summed E-state index contributed by atoms with van der Waals surface area (Å²) in [6, 6.07) is -3.32. The summed E-state index contributed by atoms with van der Waals surface area (Å²) >= 11 is 0. The Balaban J connectivity index is 1.75. The lowest BCUT2D eigenvalue weighted by Gasteiger charge is -2.48. The SMILES string of the molecule is NCC[C@H](O)C(=O)N[C@@H]1C(O)[C@@H](O[C@@H]2C(O)C(O[C@H]3OC(CN)[C@@H](O)C(O)C3O)[C@@H](N)C[C@H]2N)OC(CO)[C@H]1O. The van der Waals surface area contributed by atoms with Gasteiger partial charge in [-0.1, -0.05) is 0 Å². The number of nitrogens with two attached hydrogens (primary N) is 4. The Morgan fingerprint density at radius 2 is 1.38 bits per heavy atom. The number of ether oxygens (including phenoxy) is 4. The van der Waals surface area contributed by atoms with E-state index in [4.69, 9.17) is 41.9 Å². The van der Waals surface area contributed by atoms with E-state index < -0.39 is 110 Å². The van der Waals surface area contributed by atoms with Crippen LogP contribution in [0.15, 0.2) is 0 Å². The molecular weight excluding hydrogens is 542 g/mol. The Hall–Kier alpha value is -1.17. The second-order valence-electron chi connectivity index (χ2n) is 10.3. The molecular formula is C22H43N5O13. The van der Waals surface area contributed by atoms with Crippen LogP contribution in [0.3, 0.4) is 0 Å². The summed E-state index contributed by atoms with van der Waals surface area (Å²) in [5.74, 6) is -0.936. The Morgan fingerprint density at radius 1 is 0.825 bits per heavy atom. The number of carbonyl (C=O) groups excluding carboxylic acids is 1. The minimum atomic E-state index is -1.76. The molecule has 0 bridgehead atoms. The van der Waals surface area contributed by atoms with Crippen molar-refractivity contribution in [1.29, 1.82) is 0 Å². The van der Waals surface area contributed by atoms with Crippen LogP contribution < -0.4 is 28.3 Å². The Kier molecular flexibility index (Phi) is 11.9. The Labute approximate surface area is 229 Å². The summed E-state index contributed by atoms with van der Waals surface area (Å²) in [4.78, 5) is 12.3. The largest absolute Gasteiger partial charge is 0.394 e. The molecule has 3 aliphatic rings. The van der Waals surface area contributed by atoms with Gasteiger partial charge in [-0.05, 0) is 19.4 Å². The molecule has 3 fully saturated rings. The average molecular weight is 586 g/mol. The van der Waals surface area contributed by atoms with E-state index in [-0.39, 0.29) is 25.9 Å². The van der Waals surface area contributed by atoms with Crippen molar-refractivity contribution < 1.29 is 64.6 Å². The van der Waals surface area contributed by atoms with Crippen LogP contribution in [0.2, 0.25) is 0 Å². The highest BCUT2D eigenvalue weighted by atomic mass is 16.7. The van der Waals surface area contributed by atoms with Gasteiger partial charge in [-0.25, -0.2) is 0 Å². The van der Waals surface area contributed by atoms with E-state index in [0.717, 1.165) is 0 Å². The molecule has 17 N–H and O–H groups in total. The van der Waals surface area contributed by atoms with Gasteiger partial charge in [0.25, 0.3) is 0 Å². The van der Waals surface area contributed by atoms with E-state index in [0.29, 0.717) is 0 Å². The molecule has 18 nitrogen and oxygen atoms in total. The molecule has 16 atom stereocenters. The van der Waals surface area contributed by atoms with Gasteiger partial charge in [0.2, 0.25) is 5.91 Å². The van der Waals surface area contributed by atoms with Crippen molar-refractivity contribution in [2.45, 2.75) is 111 Å². The number of rotatable bonds is 10. The third-order valence-electron chi connectivity index (χ3n) is 7.48. The predicted octanol–water partition coefficient (Wildman–Crippen LogP) is -8.42. The Bertz CT molecular complexity index is 817. The highest BCUT2D eigenvalue weighted by molar-refractivity contribution is 5.80. The van der Waals surface area contributed by atoms with Gasteiger partial charge in [0.1, 0.15) is 67.1 Å². The van der Waals surface area contributed by atoms with Crippen molar-refractivity contribution in [2.75, 3.05) is 19.7 Å². The van der Waals surface area contributed by atoms with Crippen LogP contribution >= 0.6 is 0 Å². The van der Waals surface area contributed by atoms with E-state index in [1.54, 1.807) is 0 Å². The molecule has 1 aliphatic carbocycles. The number of aliphatic hydroxyl groups excluding tert-OH is 8. The molecule has 0 spiro atoms. The van der Waals surface area contributed by atoms with E-state index in [1.807, 2.05) is 0 Å². The summed E-state index contributed by atoms with van der Waals surface area (Å²) in [5, 5.41) is 85.0. The van der Waals surface area contributed by atoms with Crippen molar-refractivity contribution in [3.05, 3.63) is 0 Å².